The van der Waals surface area contributed by atoms with E-state index in [1.54, 1.807) is 0 Å². The van der Waals surface area contributed by atoms with Gasteiger partial charge in [0.15, 0.2) is 0 Å². The first kappa shape index (κ1) is 10.6. The highest BCUT2D eigenvalue weighted by molar-refractivity contribution is 5.67. The van der Waals surface area contributed by atoms with Gasteiger partial charge in [-0.2, -0.15) is 0 Å². The van der Waals surface area contributed by atoms with E-state index in [0.29, 0.717) is 12.4 Å². The summed E-state index contributed by atoms with van der Waals surface area (Å²) in [6.45, 7) is 2.53. The molecule has 0 aliphatic carbocycles. The molecule has 0 atom stereocenters. The van der Waals surface area contributed by atoms with Gasteiger partial charge in [-0.05, 0) is 30.2 Å². The topological polar surface area (TPSA) is 64.9 Å². The maximum absolute atomic E-state index is 5.62. The lowest BCUT2D eigenvalue weighted by molar-refractivity contribution is 1.07. The lowest BCUT2D eigenvalue weighted by Gasteiger charge is -2.06. The number of aromatic nitrogens is 1. The van der Waals surface area contributed by atoms with Gasteiger partial charge in [-0.3, -0.25) is 0 Å². The van der Waals surface area contributed by atoms with Gasteiger partial charge in [0.2, 0.25) is 0 Å². The molecule has 2 rings (SSSR count). The number of hydrogen-bond acceptors (Lipinski definition) is 3. The van der Waals surface area contributed by atoms with Crippen LogP contribution >= 0.6 is 0 Å². The van der Waals surface area contributed by atoms with Crippen molar-refractivity contribution in [1.82, 2.24) is 4.98 Å². The molecule has 0 aliphatic heterocycles. The van der Waals surface area contributed by atoms with Crippen molar-refractivity contribution < 1.29 is 0 Å². The van der Waals surface area contributed by atoms with Gasteiger partial charge in [0.1, 0.15) is 5.82 Å². The van der Waals surface area contributed by atoms with Crippen molar-refractivity contribution in [2.45, 2.75) is 13.5 Å². The zero-order chi connectivity index (χ0) is 11.5. The first-order chi connectivity index (χ1) is 7.70. The molecule has 2 aromatic rings. The van der Waals surface area contributed by atoms with Crippen molar-refractivity contribution in [3.05, 3.63) is 47.7 Å². The Morgan fingerprint density at radius 3 is 2.31 bits per heavy atom. The zero-order valence-corrected chi connectivity index (χ0v) is 9.27. The Morgan fingerprint density at radius 1 is 1.06 bits per heavy atom. The Balaban J connectivity index is 2.42. The van der Waals surface area contributed by atoms with Crippen LogP contribution in [0, 0.1) is 6.92 Å². The van der Waals surface area contributed by atoms with Crippen molar-refractivity contribution in [3.8, 4) is 11.1 Å². The van der Waals surface area contributed by atoms with Gasteiger partial charge in [0.25, 0.3) is 0 Å². The lowest BCUT2D eigenvalue weighted by Crippen LogP contribution is -1.96. The summed E-state index contributed by atoms with van der Waals surface area (Å²) < 4.78 is 0. The highest BCUT2D eigenvalue weighted by Crippen LogP contribution is 2.23. The molecule has 1 heterocycles. The summed E-state index contributed by atoms with van der Waals surface area (Å²) in [4.78, 5) is 4.25. The molecular formula is C13H15N3. The van der Waals surface area contributed by atoms with Crippen molar-refractivity contribution in [2.75, 3.05) is 5.73 Å². The third-order valence-corrected chi connectivity index (χ3v) is 2.61. The van der Waals surface area contributed by atoms with E-state index in [9.17, 15) is 0 Å². The van der Waals surface area contributed by atoms with Gasteiger partial charge in [0.05, 0.1) is 0 Å². The molecule has 82 valence electrons. The number of nitrogens with zero attached hydrogens (tertiary/aromatic N) is 1. The molecule has 3 heteroatoms. The fourth-order valence-electron chi connectivity index (χ4n) is 1.71. The molecule has 0 unspecified atom stereocenters. The number of benzene rings is 1. The van der Waals surface area contributed by atoms with Gasteiger partial charge in [-0.25, -0.2) is 4.98 Å². The minimum absolute atomic E-state index is 0.555. The molecule has 0 saturated heterocycles. The van der Waals surface area contributed by atoms with Crippen LogP contribution in [0.5, 0.6) is 0 Å². The van der Waals surface area contributed by atoms with Crippen LogP contribution in [0.15, 0.2) is 36.4 Å². The second kappa shape index (κ2) is 4.33. The van der Waals surface area contributed by atoms with Crippen molar-refractivity contribution in [2.24, 2.45) is 5.73 Å². The average Bonchev–Trinajstić information content (AvgIpc) is 2.29. The van der Waals surface area contributed by atoms with E-state index in [1.807, 2.05) is 31.2 Å². The number of aryl methyl sites for hydroxylation is 1. The Bertz CT molecular complexity index is 489. The van der Waals surface area contributed by atoms with Gasteiger partial charge >= 0.3 is 0 Å². The highest BCUT2D eigenvalue weighted by Gasteiger charge is 2.03. The largest absolute Gasteiger partial charge is 0.384 e. The Labute approximate surface area is 95.1 Å². The second-order valence-electron chi connectivity index (χ2n) is 3.77. The minimum Gasteiger partial charge on any atom is -0.384 e. The quantitative estimate of drug-likeness (QED) is 0.802. The fourth-order valence-corrected chi connectivity index (χ4v) is 1.71. The predicted octanol–water partition coefficient (Wildman–Crippen LogP) is 2.10. The summed E-state index contributed by atoms with van der Waals surface area (Å²) in [6.07, 6.45) is 0. The number of rotatable bonds is 2. The van der Waals surface area contributed by atoms with Crippen LogP contribution < -0.4 is 11.5 Å². The minimum atomic E-state index is 0.555. The number of nitrogen functional groups attached to an aromatic ring is 1. The lowest BCUT2D eigenvalue weighted by atomic mass is 10.0. The number of hydrogen-bond donors (Lipinski definition) is 2. The van der Waals surface area contributed by atoms with E-state index < -0.39 is 0 Å². The van der Waals surface area contributed by atoms with Gasteiger partial charge in [-0.15, -0.1) is 0 Å². The van der Waals surface area contributed by atoms with Crippen LogP contribution in [0.2, 0.25) is 0 Å². The maximum atomic E-state index is 5.62. The van der Waals surface area contributed by atoms with Crippen molar-refractivity contribution >= 4 is 5.82 Å². The van der Waals surface area contributed by atoms with Crippen molar-refractivity contribution in [1.29, 1.82) is 0 Å². The standard InChI is InChI=1S/C13H15N3/c1-9-12(6-7-13(15)16-9)11-4-2-10(8-14)3-5-11/h2-7H,8,14H2,1H3,(H2,15,16). The van der Waals surface area contributed by atoms with E-state index in [1.165, 1.54) is 0 Å². The maximum Gasteiger partial charge on any atom is 0.123 e. The van der Waals surface area contributed by atoms with E-state index in [0.717, 1.165) is 22.4 Å². The molecule has 0 bridgehead atoms. The number of pyridine rings is 1. The van der Waals surface area contributed by atoms with Crippen LogP contribution in [0.25, 0.3) is 11.1 Å². The Hall–Kier alpha value is -1.87. The van der Waals surface area contributed by atoms with Crippen LogP contribution in [0.3, 0.4) is 0 Å². The van der Waals surface area contributed by atoms with E-state index in [2.05, 4.69) is 17.1 Å². The average molecular weight is 213 g/mol. The van der Waals surface area contributed by atoms with Gasteiger partial charge < -0.3 is 11.5 Å². The first-order valence-corrected chi connectivity index (χ1v) is 5.23. The summed E-state index contributed by atoms with van der Waals surface area (Å²) in [6, 6.07) is 12.0. The molecule has 0 aliphatic rings. The van der Waals surface area contributed by atoms with Crippen LogP contribution in [-0.4, -0.2) is 4.98 Å². The molecule has 0 radical (unpaired) electrons. The summed E-state index contributed by atoms with van der Waals surface area (Å²) in [5, 5.41) is 0. The molecule has 0 saturated carbocycles. The first-order valence-electron chi connectivity index (χ1n) is 5.23. The molecule has 0 spiro atoms. The summed E-state index contributed by atoms with van der Waals surface area (Å²) in [5.74, 6) is 0.555. The molecule has 0 amide bonds. The molecule has 3 nitrogen and oxygen atoms in total. The molecular weight excluding hydrogens is 198 g/mol. The number of anilines is 1. The smallest absolute Gasteiger partial charge is 0.123 e. The van der Waals surface area contributed by atoms with E-state index in [4.69, 9.17) is 11.5 Å². The Morgan fingerprint density at radius 2 is 1.75 bits per heavy atom. The fraction of sp³-hybridized carbons (Fsp3) is 0.154. The zero-order valence-electron chi connectivity index (χ0n) is 9.27. The second-order valence-corrected chi connectivity index (χ2v) is 3.77. The monoisotopic (exact) mass is 213 g/mol. The Kier molecular flexibility index (Phi) is 2.88. The molecule has 4 N–H and O–H groups in total. The van der Waals surface area contributed by atoms with Crippen LogP contribution in [-0.2, 0) is 6.54 Å². The van der Waals surface area contributed by atoms with Gasteiger partial charge in [-0.1, -0.05) is 24.3 Å². The number of nitrogens with two attached hydrogens (primary N) is 2. The summed E-state index contributed by atoms with van der Waals surface area (Å²) in [5.41, 5.74) is 15.5. The molecule has 1 aromatic heterocycles. The third-order valence-electron chi connectivity index (χ3n) is 2.61. The predicted molar refractivity (Wildman–Crippen MR) is 66.7 cm³/mol. The normalized spacial score (nSPS) is 10.4. The van der Waals surface area contributed by atoms with Crippen LogP contribution in [0.1, 0.15) is 11.3 Å². The molecule has 16 heavy (non-hydrogen) atoms. The van der Waals surface area contributed by atoms with E-state index in [-0.39, 0.29) is 0 Å². The summed E-state index contributed by atoms with van der Waals surface area (Å²) in [7, 11) is 0. The molecule has 1 aromatic carbocycles. The van der Waals surface area contributed by atoms with E-state index >= 15 is 0 Å². The summed E-state index contributed by atoms with van der Waals surface area (Å²) >= 11 is 0. The SMILES string of the molecule is Cc1nc(N)ccc1-c1ccc(CN)cc1. The molecule has 0 fully saturated rings. The highest BCUT2D eigenvalue weighted by atomic mass is 14.8. The van der Waals surface area contributed by atoms with Gasteiger partial charge in [0, 0.05) is 17.8 Å². The van der Waals surface area contributed by atoms with Crippen molar-refractivity contribution in [3.63, 3.8) is 0 Å². The van der Waals surface area contributed by atoms with Crippen LogP contribution in [0.4, 0.5) is 5.82 Å². The third kappa shape index (κ3) is 2.04.